The molecule has 1 heterocycles. The molecule has 3 nitrogen and oxygen atoms in total. The highest BCUT2D eigenvalue weighted by atomic mass is 16.6. The van der Waals surface area contributed by atoms with E-state index in [0.717, 1.165) is 23.5 Å². The van der Waals surface area contributed by atoms with Crippen LogP contribution in [-0.2, 0) is 6.42 Å². The van der Waals surface area contributed by atoms with Gasteiger partial charge in [0.2, 0.25) is 0 Å². The van der Waals surface area contributed by atoms with Crippen molar-refractivity contribution in [3.8, 4) is 11.5 Å². The molecule has 0 aromatic heterocycles. The van der Waals surface area contributed by atoms with Gasteiger partial charge in [-0.1, -0.05) is 35.9 Å². The molecule has 0 radical (unpaired) electrons. The third kappa shape index (κ3) is 2.78. The Hall–Kier alpha value is -2.00. The van der Waals surface area contributed by atoms with Crippen molar-refractivity contribution in [2.24, 2.45) is 5.73 Å². The molecule has 0 aliphatic carbocycles. The highest BCUT2D eigenvalue weighted by Crippen LogP contribution is 2.32. The van der Waals surface area contributed by atoms with E-state index in [-0.39, 0.29) is 6.04 Å². The third-order valence-electron chi connectivity index (χ3n) is 3.57. The van der Waals surface area contributed by atoms with E-state index in [1.807, 2.05) is 18.2 Å². The Balaban J connectivity index is 1.76. The van der Waals surface area contributed by atoms with Gasteiger partial charge in [0.05, 0.1) is 0 Å². The van der Waals surface area contributed by atoms with Gasteiger partial charge in [-0.25, -0.2) is 0 Å². The smallest absolute Gasteiger partial charge is 0.161 e. The van der Waals surface area contributed by atoms with Crippen LogP contribution in [0.1, 0.15) is 22.7 Å². The molecule has 3 heteroatoms. The lowest BCUT2D eigenvalue weighted by atomic mass is 9.98. The maximum Gasteiger partial charge on any atom is 0.161 e. The first-order valence-corrected chi connectivity index (χ1v) is 6.93. The predicted molar refractivity (Wildman–Crippen MR) is 79.2 cm³/mol. The number of fused-ring (bicyclic) bond motifs is 1. The Morgan fingerprint density at radius 3 is 2.45 bits per heavy atom. The number of benzene rings is 2. The van der Waals surface area contributed by atoms with Crippen LogP contribution in [0, 0.1) is 6.92 Å². The van der Waals surface area contributed by atoms with E-state index >= 15 is 0 Å². The van der Waals surface area contributed by atoms with E-state index in [1.54, 1.807) is 0 Å². The van der Waals surface area contributed by atoms with Gasteiger partial charge in [0.15, 0.2) is 11.5 Å². The SMILES string of the molecule is Cc1ccc(C[C@H](N)c2ccc3c(c2)OCCO3)cc1. The van der Waals surface area contributed by atoms with Gasteiger partial charge in [0.1, 0.15) is 13.2 Å². The third-order valence-corrected chi connectivity index (χ3v) is 3.57. The zero-order valence-electron chi connectivity index (χ0n) is 11.6. The molecule has 1 aliphatic rings. The summed E-state index contributed by atoms with van der Waals surface area (Å²) in [6.07, 6.45) is 0.819. The minimum absolute atomic E-state index is 0.0338. The van der Waals surface area contributed by atoms with Crippen molar-refractivity contribution in [2.75, 3.05) is 13.2 Å². The van der Waals surface area contributed by atoms with Gasteiger partial charge in [-0.05, 0) is 36.6 Å². The summed E-state index contributed by atoms with van der Waals surface area (Å²) in [5.41, 5.74) is 9.89. The van der Waals surface area contributed by atoms with Crippen molar-refractivity contribution in [1.29, 1.82) is 0 Å². The summed E-state index contributed by atoms with van der Waals surface area (Å²) < 4.78 is 11.1. The second kappa shape index (κ2) is 5.55. The number of ether oxygens (including phenoxy) is 2. The molecule has 2 aromatic carbocycles. The van der Waals surface area contributed by atoms with Crippen molar-refractivity contribution in [3.63, 3.8) is 0 Å². The fourth-order valence-corrected chi connectivity index (χ4v) is 2.39. The topological polar surface area (TPSA) is 44.5 Å². The van der Waals surface area contributed by atoms with Crippen LogP contribution < -0.4 is 15.2 Å². The van der Waals surface area contributed by atoms with E-state index in [1.165, 1.54) is 11.1 Å². The van der Waals surface area contributed by atoms with Crippen LogP contribution in [0.5, 0.6) is 11.5 Å². The fourth-order valence-electron chi connectivity index (χ4n) is 2.39. The van der Waals surface area contributed by atoms with E-state index in [9.17, 15) is 0 Å². The molecule has 0 saturated heterocycles. The molecule has 0 bridgehead atoms. The Morgan fingerprint density at radius 1 is 1.00 bits per heavy atom. The summed E-state index contributed by atoms with van der Waals surface area (Å²) in [5, 5.41) is 0. The van der Waals surface area contributed by atoms with Crippen molar-refractivity contribution < 1.29 is 9.47 Å². The second-order valence-electron chi connectivity index (χ2n) is 5.20. The average molecular weight is 269 g/mol. The second-order valence-corrected chi connectivity index (χ2v) is 5.20. The van der Waals surface area contributed by atoms with Crippen LogP contribution in [0.15, 0.2) is 42.5 Å². The molecule has 20 heavy (non-hydrogen) atoms. The quantitative estimate of drug-likeness (QED) is 0.931. The molecule has 0 amide bonds. The summed E-state index contributed by atoms with van der Waals surface area (Å²) in [5.74, 6) is 1.61. The minimum Gasteiger partial charge on any atom is -0.486 e. The first-order chi connectivity index (χ1) is 9.72. The molecule has 3 rings (SSSR count). The molecule has 2 aromatic rings. The molecule has 1 aliphatic heterocycles. The molecule has 1 atom stereocenters. The van der Waals surface area contributed by atoms with Crippen LogP contribution in [0.4, 0.5) is 0 Å². The number of nitrogens with two attached hydrogens (primary N) is 1. The zero-order chi connectivity index (χ0) is 13.9. The predicted octanol–water partition coefficient (Wildman–Crippen LogP) is 3.01. The Morgan fingerprint density at radius 2 is 1.70 bits per heavy atom. The maximum absolute atomic E-state index is 6.30. The summed E-state index contributed by atoms with van der Waals surface area (Å²) in [4.78, 5) is 0. The zero-order valence-corrected chi connectivity index (χ0v) is 11.6. The van der Waals surface area contributed by atoms with Crippen molar-refractivity contribution in [3.05, 3.63) is 59.2 Å². The van der Waals surface area contributed by atoms with Crippen molar-refractivity contribution in [2.45, 2.75) is 19.4 Å². The number of hydrogen-bond acceptors (Lipinski definition) is 3. The first kappa shape index (κ1) is 13.0. The van der Waals surface area contributed by atoms with Crippen molar-refractivity contribution in [1.82, 2.24) is 0 Å². The normalized spacial score (nSPS) is 14.9. The minimum atomic E-state index is -0.0338. The van der Waals surface area contributed by atoms with Gasteiger partial charge in [-0.3, -0.25) is 0 Å². The number of aryl methyl sites for hydroxylation is 1. The van der Waals surface area contributed by atoms with Gasteiger partial charge in [-0.2, -0.15) is 0 Å². The first-order valence-electron chi connectivity index (χ1n) is 6.93. The lowest BCUT2D eigenvalue weighted by Gasteiger charge is -2.20. The van der Waals surface area contributed by atoms with E-state index in [0.29, 0.717) is 13.2 Å². The fraction of sp³-hybridized carbons (Fsp3) is 0.294. The molecule has 0 fully saturated rings. The van der Waals surface area contributed by atoms with E-state index in [2.05, 4.69) is 31.2 Å². The highest BCUT2D eigenvalue weighted by molar-refractivity contribution is 5.45. The highest BCUT2D eigenvalue weighted by Gasteiger charge is 2.15. The summed E-state index contributed by atoms with van der Waals surface area (Å²) in [7, 11) is 0. The van der Waals surface area contributed by atoms with Gasteiger partial charge in [-0.15, -0.1) is 0 Å². The van der Waals surface area contributed by atoms with Crippen molar-refractivity contribution >= 4 is 0 Å². The van der Waals surface area contributed by atoms with Gasteiger partial charge in [0.25, 0.3) is 0 Å². The largest absolute Gasteiger partial charge is 0.486 e. The molecule has 0 saturated carbocycles. The van der Waals surface area contributed by atoms with E-state index in [4.69, 9.17) is 15.2 Å². The van der Waals surface area contributed by atoms with Crippen LogP contribution in [-0.4, -0.2) is 13.2 Å². The molecular weight excluding hydrogens is 250 g/mol. The summed E-state index contributed by atoms with van der Waals surface area (Å²) in [6, 6.07) is 14.4. The Kier molecular flexibility index (Phi) is 3.61. The Labute approximate surface area is 119 Å². The summed E-state index contributed by atoms with van der Waals surface area (Å²) in [6.45, 7) is 3.30. The summed E-state index contributed by atoms with van der Waals surface area (Å²) >= 11 is 0. The van der Waals surface area contributed by atoms with Crippen LogP contribution >= 0.6 is 0 Å². The lowest BCUT2D eigenvalue weighted by Crippen LogP contribution is -2.17. The number of hydrogen-bond donors (Lipinski definition) is 1. The van der Waals surface area contributed by atoms with Gasteiger partial charge < -0.3 is 15.2 Å². The Bertz CT molecular complexity index is 592. The molecule has 0 unspecified atom stereocenters. The molecule has 104 valence electrons. The van der Waals surface area contributed by atoms with Crippen LogP contribution in [0.2, 0.25) is 0 Å². The number of rotatable bonds is 3. The standard InChI is InChI=1S/C17H19NO2/c1-12-2-4-13(5-3-12)10-15(18)14-6-7-16-17(11-14)20-9-8-19-16/h2-7,11,15H,8-10,18H2,1H3/t15-/m0/s1. The van der Waals surface area contributed by atoms with Gasteiger partial charge >= 0.3 is 0 Å². The average Bonchev–Trinajstić information content (AvgIpc) is 2.49. The molecular formula is C17H19NO2. The van der Waals surface area contributed by atoms with E-state index < -0.39 is 0 Å². The van der Waals surface area contributed by atoms with Crippen LogP contribution in [0.3, 0.4) is 0 Å². The molecule has 0 spiro atoms. The monoisotopic (exact) mass is 269 g/mol. The lowest BCUT2D eigenvalue weighted by molar-refractivity contribution is 0.171. The van der Waals surface area contributed by atoms with Crippen LogP contribution in [0.25, 0.3) is 0 Å². The maximum atomic E-state index is 6.30. The van der Waals surface area contributed by atoms with Gasteiger partial charge in [0, 0.05) is 6.04 Å². The molecule has 2 N–H and O–H groups in total.